The van der Waals surface area contributed by atoms with Crippen LogP contribution in [0.2, 0.25) is 0 Å². The molecule has 2 unspecified atom stereocenters. The molecule has 0 saturated carbocycles. The van der Waals surface area contributed by atoms with Crippen LogP contribution in [0.5, 0.6) is 0 Å². The van der Waals surface area contributed by atoms with Crippen LogP contribution in [-0.4, -0.2) is 38.9 Å². The average molecular weight is 350 g/mol. The first kappa shape index (κ1) is 16.1. The lowest BCUT2D eigenvalue weighted by Crippen LogP contribution is -2.51. The van der Waals surface area contributed by atoms with Gasteiger partial charge in [-0.05, 0) is 24.5 Å². The SMILES string of the molecule is NC1CN(c2ccc3nncn3n2)CC[C@@H]1C1CC(F)=C(F)C=C1F. The van der Waals surface area contributed by atoms with Crippen molar-refractivity contribution >= 4 is 11.5 Å². The molecular formula is C16H17F3N6. The summed E-state index contributed by atoms with van der Waals surface area (Å²) in [6, 6.07) is 3.26. The van der Waals surface area contributed by atoms with Gasteiger partial charge in [-0.15, -0.1) is 15.3 Å². The molecule has 25 heavy (non-hydrogen) atoms. The molecule has 2 aromatic heterocycles. The molecule has 2 aromatic rings. The van der Waals surface area contributed by atoms with Crippen LogP contribution in [0.1, 0.15) is 12.8 Å². The van der Waals surface area contributed by atoms with Gasteiger partial charge in [-0.2, -0.15) is 4.52 Å². The molecule has 2 aliphatic rings. The normalized spacial score (nSPS) is 27.8. The van der Waals surface area contributed by atoms with Crippen LogP contribution in [0.4, 0.5) is 19.0 Å². The van der Waals surface area contributed by atoms with Crippen molar-refractivity contribution in [3.8, 4) is 0 Å². The lowest BCUT2D eigenvalue weighted by Gasteiger charge is -2.40. The highest BCUT2D eigenvalue weighted by atomic mass is 19.2. The minimum atomic E-state index is -1.12. The van der Waals surface area contributed by atoms with Gasteiger partial charge in [0.25, 0.3) is 0 Å². The number of fused-ring (bicyclic) bond motifs is 1. The molecule has 1 aliphatic carbocycles. The zero-order chi connectivity index (χ0) is 17.6. The van der Waals surface area contributed by atoms with E-state index < -0.39 is 23.4 Å². The highest BCUT2D eigenvalue weighted by molar-refractivity contribution is 5.45. The quantitative estimate of drug-likeness (QED) is 0.900. The standard InChI is InChI=1S/C16H17F3N6/c17-11-6-13(19)12(18)5-10(11)9-3-4-24(7-14(9)20)16-2-1-15-22-21-8-25(15)23-16/h1-2,6,8-10,14H,3-5,7,20H2/t9-,10?,14?/m1/s1. The van der Waals surface area contributed by atoms with E-state index in [4.69, 9.17) is 5.73 Å². The van der Waals surface area contributed by atoms with Gasteiger partial charge in [-0.1, -0.05) is 0 Å². The van der Waals surface area contributed by atoms with E-state index in [1.54, 1.807) is 10.6 Å². The monoisotopic (exact) mass is 350 g/mol. The minimum absolute atomic E-state index is 0.245. The molecule has 9 heteroatoms. The maximum atomic E-state index is 14.1. The van der Waals surface area contributed by atoms with Crippen LogP contribution in [0.15, 0.2) is 42.0 Å². The van der Waals surface area contributed by atoms with Crippen molar-refractivity contribution in [1.82, 2.24) is 19.8 Å². The third-order valence-electron chi connectivity index (χ3n) is 4.98. The molecule has 1 fully saturated rings. The average Bonchev–Trinajstić information content (AvgIpc) is 3.06. The summed E-state index contributed by atoms with van der Waals surface area (Å²) in [5.41, 5.74) is 6.89. The van der Waals surface area contributed by atoms with Gasteiger partial charge in [0.1, 0.15) is 23.8 Å². The summed E-state index contributed by atoms with van der Waals surface area (Å²) in [6.07, 6.45) is 2.46. The molecule has 0 bridgehead atoms. The number of hydrogen-bond acceptors (Lipinski definition) is 5. The molecule has 2 N–H and O–H groups in total. The summed E-state index contributed by atoms with van der Waals surface area (Å²) >= 11 is 0. The van der Waals surface area contributed by atoms with Crippen LogP contribution in [-0.2, 0) is 0 Å². The molecule has 0 amide bonds. The Bertz CT molecular complexity index is 860. The fourth-order valence-corrected chi connectivity index (χ4v) is 3.65. The van der Waals surface area contributed by atoms with Gasteiger partial charge in [0.15, 0.2) is 11.5 Å². The second kappa shape index (κ2) is 6.14. The van der Waals surface area contributed by atoms with Gasteiger partial charge in [0.2, 0.25) is 0 Å². The number of halogens is 3. The zero-order valence-electron chi connectivity index (χ0n) is 13.3. The molecule has 3 atom stereocenters. The van der Waals surface area contributed by atoms with Gasteiger partial charge < -0.3 is 10.6 Å². The lowest BCUT2D eigenvalue weighted by atomic mass is 9.77. The van der Waals surface area contributed by atoms with E-state index in [0.29, 0.717) is 31.2 Å². The molecule has 3 heterocycles. The molecule has 132 valence electrons. The number of piperidine rings is 1. The fourth-order valence-electron chi connectivity index (χ4n) is 3.65. The van der Waals surface area contributed by atoms with Crippen molar-refractivity contribution in [2.75, 3.05) is 18.0 Å². The van der Waals surface area contributed by atoms with Crippen molar-refractivity contribution in [3.63, 3.8) is 0 Å². The highest BCUT2D eigenvalue weighted by Crippen LogP contribution is 2.40. The summed E-state index contributed by atoms with van der Waals surface area (Å²) in [5, 5.41) is 12.1. The Morgan fingerprint density at radius 2 is 2.04 bits per heavy atom. The molecule has 0 aromatic carbocycles. The van der Waals surface area contributed by atoms with E-state index >= 15 is 0 Å². The molecule has 0 spiro atoms. The fraction of sp³-hybridized carbons (Fsp3) is 0.438. The van der Waals surface area contributed by atoms with Gasteiger partial charge in [-0.3, -0.25) is 0 Å². The first-order chi connectivity index (χ1) is 12.0. The molecule has 1 saturated heterocycles. The van der Waals surface area contributed by atoms with Gasteiger partial charge in [0.05, 0.1) is 0 Å². The Labute approximate surface area is 141 Å². The van der Waals surface area contributed by atoms with Crippen LogP contribution in [0.3, 0.4) is 0 Å². The summed E-state index contributed by atoms with van der Waals surface area (Å²) < 4.78 is 42.4. The first-order valence-electron chi connectivity index (χ1n) is 8.12. The summed E-state index contributed by atoms with van der Waals surface area (Å²) in [5.74, 6) is -2.88. The number of allylic oxidation sites excluding steroid dienone is 4. The van der Waals surface area contributed by atoms with Gasteiger partial charge in [-0.25, -0.2) is 13.2 Å². The minimum Gasteiger partial charge on any atom is -0.354 e. The largest absolute Gasteiger partial charge is 0.354 e. The molecule has 1 aliphatic heterocycles. The maximum Gasteiger partial charge on any atom is 0.177 e. The van der Waals surface area contributed by atoms with Gasteiger partial charge in [0, 0.05) is 37.5 Å². The van der Waals surface area contributed by atoms with E-state index in [-0.39, 0.29) is 18.4 Å². The molecule has 6 nitrogen and oxygen atoms in total. The number of rotatable bonds is 2. The number of nitrogens with zero attached hydrogens (tertiary/aromatic N) is 5. The summed E-state index contributed by atoms with van der Waals surface area (Å²) in [7, 11) is 0. The van der Waals surface area contributed by atoms with Crippen molar-refractivity contribution in [2.45, 2.75) is 18.9 Å². The van der Waals surface area contributed by atoms with E-state index in [9.17, 15) is 13.2 Å². The van der Waals surface area contributed by atoms with Crippen molar-refractivity contribution in [2.24, 2.45) is 17.6 Å². The van der Waals surface area contributed by atoms with Crippen molar-refractivity contribution in [3.05, 3.63) is 42.0 Å². The second-order valence-electron chi connectivity index (χ2n) is 6.48. The number of anilines is 1. The number of hydrogen-bond donors (Lipinski definition) is 1. The van der Waals surface area contributed by atoms with E-state index in [0.717, 1.165) is 5.82 Å². The second-order valence-corrected chi connectivity index (χ2v) is 6.48. The van der Waals surface area contributed by atoms with Crippen LogP contribution < -0.4 is 10.6 Å². The van der Waals surface area contributed by atoms with Crippen molar-refractivity contribution in [1.29, 1.82) is 0 Å². The third-order valence-corrected chi connectivity index (χ3v) is 4.98. The molecule has 4 rings (SSSR count). The molecular weight excluding hydrogens is 333 g/mol. The Morgan fingerprint density at radius 3 is 2.84 bits per heavy atom. The Hall–Kier alpha value is -2.42. The Morgan fingerprint density at radius 1 is 1.20 bits per heavy atom. The predicted octanol–water partition coefficient (Wildman–Crippen LogP) is 2.30. The van der Waals surface area contributed by atoms with Crippen LogP contribution in [0, 0.1) is 11.8 Å². The zero-order valence-corrected chi connectivity index (χ0v) is 13.3. The van der Waals surface area contributed by atoms with E-state index in [1.165, 1.54) is 6.33 Å². The maximum absolute atomic E-state index is 14.1. The van der Waals surface area contributed by atoms with Crippen LogP contribution in [0.25, 0.3) is 5.65 Å². The van der Waals surface area contributed by atoms with Gasteiger partial charge >= 0.3 is 0 Å². The Balaban J connectivity index is 1.50. The van der Waals surface area contributed by atoms with Crippen molar-refractivity contribution < 1.29 is 13.2 Å². The number of nitrogens with two attached hydrogens (primary N) is 1. The first-order valence-corrected chi connectivity index (χ1v) is 8.12. The highest BCUT2D eigenvalue weighted by Gasteiger charge is 2.38. The number of aromatic nitrogens is 4. The van der Waals surface area contributed by atoms with E-state index in [1.807, 2.05) is 11.0 Å². The summed E-state index contributed by atoms with van der Waals surface area (Å²) in [4.78, 5) is 2.00. The van der Waals surface area contributed by atoms with E-state index in [2.05, 4.69) is 15.3 Å². The topological polar surface area (TPSA) is 72.3 Å². The predicted molar refractivity (Wildman–Crippen MR) is 85.6 cm³/mol. The van der Waals surface area contributed by atoms with Crippen LogP contribution >= 0.6 is 0 Å². The molecule has 0 radical (unpaired) electrons. The smallest absolute Gasteiger partial charge is 0.177 e. The third kappa shape index (κ3) is 2.88. The Kier molecular flexibility index (Phi) is 3.95. The lowest BCUT2D eigenvalue weighted by molar-refractivity contribution is 0.225. The summed E-state index contributed by atoms with van der Waals surface area (Å²) in [6.45, 7) is 1.07.